The molecular weight excluding hydrogens is 937 g/mol. The van der Waals surface area contributed by atoms with Crippen molar-refractivity contribution in [2.75, 3.05) is 13.2 Å². The van der Waals surface area contributed by atoms with Gasteiger partial charge in [-0.05, 0) is 103 Å². The smallest absolute Gasteiger partial charge is 0.306 e. The molecule has 1 unspecified atom stereocenters. The fourth-order valence-corrected chi connectivity index (χ4v) is 8.81. The number of unbranched alkanes of at least 4 members (excludes halogenated alkanes) is 28. The first-order chi connectivity index (χ1) is 37.5. The maximum atomic E-state index is 12.9. The quantitative estimate of drug-likeness (QED) is 0.0261. The number of rotatable bonds is 57. The normalized spacial score (nSPS) is 12.8. The molecule has 0 aliphatic rings. The highest BCUT2D eigenvalue weighted by atomic mass is 16.6. The van der Waals surface area contributed by atoms with Crippen LogP contribution in [0.2, 0.25) is 0 Å². The van der Waals surface area contributed by atoms with E-state index in [4.69, 9.17) is 14.2 Å². The maximum Gasteiger partial charge on any atom is 0.306 e. The zero-order valence-corrected chi connectivity index (χ0v) is 49.7. The van der Waals surface area contributed by atoms with E-state index in [-0.39, 0.29) is 31.1 Å². The van der Waals surface area contributed by atoms with E-state index in [1.54, 1.807) is 0 Å². The lowest BCUT2D eigenvalue weighted by atomic mass is 10.0. The van der Waals surface area contributed by atoms with Crippen LogP contribution in [0.5, 0.6) is 0 Å². The Balaban J connectivity index is 4.18. The van der Waals surface area contributed by atoms with Crippen molar-refractivity contribution in [3.63, 3.8) is 0 Å². The zero-order chi connectivity index (χ0) is 55.0. The van der Waals surface area contributed by atoms with Gasteiger partial charge >= 0.3 is 17.9 Å². The number of esters is 3. The van der Waals surface area contributed by atoms with Crippen molar-refractivity contribution in [3.8, 4) is 0 Å². The van der Waals surface area contributed by atoms with Crippen LogP contribution in [0.15, 0.2) is 109 Å². The second kappa shape index (κ2) is 63.6. The molecule has 1 atom stereocenters. The van der Waals surface area contributed by atoms with Gasteiger partial charge in [-0.25, -0.2) is 0 Å². The van der Waals surface area contributed by atoms with E-state index in [0.29, 0.717) is 19.3 Å². The Morgan fingerprint density at radius 3 is 0.803 bits per heavy atom. The molecule has 0 saturated heterocycles. The molecule has 0 heterocycles. The van der Waals surface area contributed by atoms with Crippen LogP contribution in [0.1, 0.15) is 297 Å². The van der Waals surface area contributed by atoms with Crippen LogP contribution < -0.4 is 0 Å². The molecule has 0 fully saturated rings. The molecule has 0 aromatic heterocycles. The third-order valence-corrected chi connectivity index (χ3v) is 13.5. The Kier molecular flexibility index (Phi) is 60.3. The molecule has 0 aliphatic heterocycles. The third-order valence-electron chi connectivity index (χ3n) is 13.5. The summed E-state index contributed by atoms with van der Waals surface area (Å²) in [5, 5.41) is 0. The number of carbonyl (C=O) groups excluding carboxylic acids is 3. The SMILES string of the molecule is CC/C=C\C/C=C\C/C=C\C/C=C\C/C=C\CCCCCCCCCCCCCCCCCC(=O)OCC(COC(=O)CCCCCCCCCCCC)OC(=O)CCCCCC/C=C\C/C=C\C/C=C\C/C=C\CC. The molecule has 0 saturated carbocycles. The number of hydrogen-bond acceptors (Lipinski definition) is 6. The van der Waals surface area contributed by atoms with Gasteiger partial charge in [0, 0.05) is 19.3 Å². The molecule has 0 aliphatic carbocycles. The van der Waals surface area contributed by atoms with E-state index < -0.39 is 6.10 Å². The molecule has 0 aromatic rings. The van der Waals surface area contributed by atoms with Crippen molar-refractivity contribution in [1.82, 2.24) is 0 Å². The van der Waals surface area contributed by atoms with Gasteiger partial charge in [-0.3, -0.25) is 14.4 Å². The molecule has 0 N–H and O–H groups in total. The first kappa shape index (κ1) is 72.1. The second-order valence-electron chi connectivity index (χ2n) is 20.9. The van der Waals surface area contributed by atoms with Gasteiger partial charge in [0.15, 0.2) is 6.10 Å². The van der Waals surface area contributed by atoms with Gasteiger partial charge in [-0.2, -0.15) is 0 Å². The largest absolute Gasteiger partial charge is 0.462 e. The summed E-state index contributed by atoms with van der Waals surface area (Å²) in [5.74, 6) is -0.904. The van der Waals surface area contributed by atoms with Gasteiger partial charge in [-0.1, -0.05) is 284 Å². The van der Waals surface area contributed by atoms with Crippen molar-refractivity contribution in [2.45, 2.75) is 303 Å². The zero-order valence-electron chi connectivity index (χ0n) is 49.7. The van der Waals surface area contributed by atoms with Crippen LogP contribution in [-0.4, -0.2) is 37.2 Å². The van der Waals surface area contributed by atoms with Gasteiger partial charge in [-0.15, -0.1) is 0 Å². The summed E-state index contributed by atoms with van der Waals surface area (Å²) in [4.78, 5) is 38.2. The van der Waals surface area contributed by atoms with E-state index in [0.717, 1.165) is 128 Å². The third kappa shape index (κ3) is 60.9. The lowest BCUT2D eigenvalue weighted by Crippen LogP contribution is -2.30. The summed E-state index contributed by atoms with van der Waals surface area (Å²) in [6.07, 6.45) is 86.8. The van der Waals surface area contributed by atoms with Gasteiger partial charge in [0.2, 0.25) is 0 Å². The number of hydrogen-bond donors (Lipinski definition) is 0. The monoisotopic (exact) mass is 1050 g/mol. The average Bonchev–Trinajstić information content (AvgIpc) is 3.42. The summed E-state index contributed by atoms with van der Waals surface area (Å²) < 4.78 is 16.9. The minimum absolute atomic E-state index is 0.0854. The molecule has 434 valence electrons. The molecule has 0 aromatic carbocycles. The van der Waals surface area contributed by atoms with Crippen molar-refractivity contribution in [1.29, 1.82) is 0 Å². The lowest BCUT2D eigenvalue weighted by molar-refractivity contribution is -0.167. The number of allylic oxidation sites excluding steroid dienone is 18. The van der Waals surface area contributed by atoms with Crippen LogP contribution in [0.4, 0.5) is 0 Å². The van der Waals surface area contributed by atoms with Crippen molar-refractivity contribution < 1.29 is 28.6 Å². The van der Waals surface area contributed by atoms with Gasteiger partial charge in [0.05, 0.1) is 0 Å². The van der Waals surface area contributed by atoms with E-state index >= 15 is 0 Å². The van der Waals surface area contributed by atoms with Gasteiger partial charge in [0.1, 0.15) is 13.2 Å². The molecule has 0 bridgehead atoms. The van der Waals surface area contributed by atoms with E-state index in [1.165, 1.54) is 128 Å². The Bertz CT molecular complexity index is 1540. The lowest BCUT2D eigenvalue weighted by Gasteiger charge is -2.18. The predicted octanol–water partition coefficient (Wildman–Crippen LogP) is 21.8. The Labute approximate surface area is 470 Å². The van der Waals surface area contributed by atoms with Crippen LogP contribution >= 0.6 is 0 Å². The molecule has 76 heavy (non-hydrogen) atoms. The number of ether oxygens (including phenoxy) is 3. The van der Waals surface area contributed by atoms with E-state index in [9.17, 15) is 14.4 Å². The van der Waals surface area contributed by atoms with Crippen LogP contribution in [-0.2, 0) is 28.6 Å². The minimum Gasteiger partial charge on any atom is -0.462 e. The Morgan fingerprint density at radius 1 is 0.276 bits per heavy atom. The Morgan fingerprint density at radius 2 is 0.513 bits per heavy atom. The topological polar surface area (TPSA) is 78.9 Å². The highest BCUT2D eigenvalue weighted by Gasteiger charge is 2.19. The summed E-state index contributed by atoms with van der Waals surface area (Å²) >= 11 is 0. The van der Waals surface area contributed by atoms with Crippen molar-refractivity contribution >= 4 is 17.9 Å². The first-order valence-corrected chi connectivity index (χ1v) is 31.9. The maximum absolute atomic E-state index is 12.9. The Hall–Kier alpha value is -3.93. The molecule has 0 amide bonds. The summed E-state index contributed by atoms with van der Waals surface area (Å²) in [7, 11) is 0. The fraction of sp³-hybridized carbons (Fsp3) is 0.700. The summed E-state index contributed by atoms with van der Waals surface area (Å²) in [5.41, 5.74) is 0. The summed E-state index contributed by atoms with van der Waals surface area (Å²) in [6, 6.07) is 0. The fourth-order valence-electron chi connectivity index (χ4n) is 8.81. The molecule has 6 nitrogen and oxygen atoms in total. The van der Waals surface area contributed by atoms with E-state index in [2.05, 4.69) is 130 Å². The molecular formula is C70H118O6. The van der Waals surface area contributed by atoms with Gasteiger partial charge < -0.3 is 14.2 Å². The molecule has 6 heteroatoms. The highest BCUT2D eigenvalue weighted by molar-refractivity contribution is 5.71. The van der Waals surface area contributed by atoms with Crippen LogP contribution in [0, 0.1) is 0 Å². The molecule has 0 rings (SSSR count). The molecule has 0 radical (unpaired) electrons. The summed E-state index contributed by atoms with van der Waals surface area (Å²) in [6.45, 7) is 6.40. The van der Waals surface area contributed by atoms with Crippen LogP contribution in [0.3, 0.4) is 0 Å². The standard InChI is InChI=1S/C70H118O6/c1-4-7-10-13-16-19-22-24-26-28-29-30-31-32-33-34-35-36-37-38-39-40-41-43-44-46-48-51-54-57-60-63-69(72)75-66-67(65-74-68(71)62-59-56-53-50-21-18-15-12-9-6-3)76-70(73)64-61-58-55-52-49-47-45-42-27-25-23-20-17-14-11-8-5-2/h7-8,10-11,16-17,19-20,24-27,29-30,32-33,45,47,67H,4-6,9,12-15,18,21-23,28,31,34-44,46,48-66H2,1-3H3/b10-7-,11-8-,19-16-,20-17-,26-24-,27-25-,30-29-,33-32-,47-45-. The molecule has 0 spiro atoms. The predicted molar refractivity (Wildman–Crippen MR) is 330 cm³/mol. The van der Waals surface area contributed by atoms with Gasteiger partial charge in [0.25, 0.3) is 0 Å². The van der Waals surface area contributed by atoms with Crippen LogP contribution in [0.25, 0.3) is 0 Å². The first-order valence-electron chi connectivity index (χ1n) is 31.9. The number of carbonyl (C=O) groups is 3. The van der Waals surface area contributed by atoms with Crippen molar-refractivity contribution in [2.24, 2.45) is 0 Å². The second-order valence-corrected chi connectivity index (χ2v) is 20.9. The van der Waals surface area contributed by atoms with E-state index in [1.807, 2.05) is 0 Å². The average molecular weight is 1060 g/mol. The van der Waals surface area contributed by atoms with Crippen molar-refractivity contribution in [3.05, 3.63) is 109 Å². The minimum atomic E-state index is -0.789. The highest BCUT2D eigenvalue weighted by Crippen LogP contribution is 2.16.